The molecule has 0 bridgehead atoms. The first-order chi connectivity index (χ1) is 8.76. The van der Waals surface area contributed by atoms with E-state index in [1.54, 1.807) is 0 Å². The van der Waals surface area contributed by atoms with E-state index in [1.807, 2.05) is 13.8 Å². The smallest absolute Gasteiger partial charge is 0.307 e. The molecule has 0 aromatic heterocycles. The van der Waals surface area contributed by atoms with Gasteiger partial charge in [0, 0.05) is 26.1 Å². The van der Waals surface area contributed by atoms with Crippen molar-refractivity contribution in [3.63, 3.8) is 0 Å². The molecule has 0 aromatic rings. The van der Waals surface area contributed by atoms with E-state index in [-0.39, 0.29) is 17.2 Å². The Morgan fingerprint density at radius 1 is 1.26 bits per heavy atom. The molecular weight excluding hydrogens is 244 g/mol. The van der Waals surface area contributed by atoms with E-state index in [0.717, 1.165) is 13.0 Å². The van der Waals surface area contributed by atoms with E-state index < -0.39 is 5.97 Å². The van der Waals surface area contributed by atoms with Gasteiger partial charge in [-0.3, -0.25) is 9.59 Å². The van der Waals surface area contributed by atoms with Crippen molar-refractivity contribution in [3.05, 3.63) is 0 Å². The van der Waals surface area contributed by atoms with Crippen molar-refractivity contribution in [1.29, 1.82) is 0 Å². The summed E-state index contributed by atoms with van der Waals surface area (Å²) in [5, 5.41) is 15.5. The number of hydrogen-bond acceptors (Lipinski definition) is 3. The molecule has 0 aromatic carbocycles. The molecule has 5 heteroatoms. The Balaban J connectivity index is 2.51. The highest BCUT2D eigenvalue weighted by Gasteiger charge is 2.45. The van der Waals surface area contributed by atoms with Crippen molar-refractivity contribution in [3.8, 4) is 0 Å². The molecule has 3 unspecified atom stereocenters. The molecule has 3 atom stereocenters. The topological polar surface area (TPSA) is 78.4 Å². The number of amides is 1. The maximum absolute atomic E-state index is 11.3. The van der Waals surface area contributed by atoms with Crippen LogP contribution in [0.2, 0.25) is 0 Å². The van der Waals surface area contributed by atoms with Crippen molar-refractivity contribution in [1.82, 2.24) is 10.6 Å². The maximum atomic E-state index is 11.3. The van der Waals surface area contributed by atoms with Gasteiger partial charge < -0.3 is 15.7 Å². The third kappa shape index (κ3) is 3.93. The van der Waals surface area contributed by atoms with Crippen molar-refractivity contribution in [2.24, 2.45) is 17.3 Å². The predicted molar refractivity (Wildman–Crippen MR) is 73.8 cm³/mol. The summed E-state index contributed by atoms with van der Waals surface area (Å²) in [6.45, 7) is 9.04. The van der Waals surface area contributed by atoms with Gasteiger partial charge in [0.25, 0.3) is 0 Å². The van der Waals surface area contributed by atoms with Crippen LogP contribution in [0.3, 0.4) is 0 Å². The summed E-state index contributed by atoms with van der Waals surface area (Å²) in [5.74, 6) is -0.686. The minimum Gasteiger partial charge on any atom is -0.481 e. The van der Waals surface area contributed by atoms with E-state index >= 15 is 0 Å². The highest BCUT2D eigenvalue weighted by Crippen LogP contribution is 2.44. The van der Waals surface area contributed by atoms with Gasteiger partial charge in [-0.1, -0.05) is 20.8 Å². The van der Waals surface area contributed by atoms with Crippen LogP contribution in [0.5, 0.6) is 0 Å². The third-order valence-electron chi connectivity index (χ3n) is 4.65. The molecule has 1 fully saturated rings. The number of aliphatic carboxylic acids is 1. The van der Waals surface area contributed by atoms with Crippen LogP contribution in [0, 0.1) is 17.3 Å². The summed E-state index contributed by atoms with van der Waals surface area (Å²) >= 11 is 0. The molecule has 0 saturated heterocycles. The van der Waals surface area contributed by atoms with Gasteiger partial charge >= 0.3 is 5.97 Å². The van der Waals surface area contributed by atoms with Crippen LogP contribution in [0.4, 0.5) is 0 Å². The highest BCUT2D eigenvalue weighted by molar-refractivity contribution is 5.72. The number of carbonyl (C=O) groups is 2. The molecule has 1 amide bonds. The minimum absolute atomic E-state index is 0.0234. The van der Waals surface area contributed by atoms with Crippen LogP contribution < -0.4 is 10.6 Å². The molecule has 0 heterocycles. The van der Waals surface area contributed by atoms with Gasteiger partial charge in [0.05, 0.1) is 5.92 Å². The molecule has 1 rings (SSSR count). The Bertz CT molecular complexity index is 342. The normalized spacial score (nSPS) is 29.8. The zero-order valence-electron chi connectivity index (χ0n) is 12.3. The fourth-order valence-corrected chi connectivity index (χ4v) is 3.02. The van der Waals surface area contributed by atoms with Crippen molar-refractivity contribution in [2.75, 3.05) is 13.1 Å². The summed E-state index contributed by atoms with van der Waals surface area (Å²) in [4.78, 5) is 22.1. The Morgan fingerprint density at radius 2 is 1.89 bits per heavy atom. The summed E-state index contributed by atoms with van der Waals surface area (Å²) in [6, 6.07) is 0.319. The third-order valence-corrected chi connectivity index (χ3v) is 4.65. The zero-order valence-corrected chi connectivity index (χ0v) is 12.3. The lowest BCUT2D eigenvalue weighted by atomic mass is 9.61. The van der Waals surface area contributed by atoms with Crippen LogP contribution in [-0.4, -0.2) is 36.1 Å². The predicted octanol–water partition coefficient (Wildman–Crippen LogP) is 1.24. The number of hydrogen-bond donors (Lipinski definition) is 3. The summed E-state index contributed by atoms with van der Waals surface area (Å²) in [6.07, 6.45) is 1.59. The fraction of sp³-hybridized carbons (Fsp3) is 0.857. The van der Waals surface area contributed by atoms with Gasteiger partial charge in [-0.05, 0) is 24.2 Å². The van der Waals surface area contributed by atoms with Gasteiger partial charge in [-0.25, -0.2) is 0 Å². The second-order valence-electron chi connectivity index (χ2n) is 6.12. The molecule has 1 aliphatic carbocycles. The van der Waals surface area contributed by atoms with Gasteiger partial charge in [-0.2, -0.15) is 0 Å². The lowest BCUT2D eigenvalue weighted by Crippen LogP contribution is -2.52. The standard InChI is InChI=1S/C14H26N2O3/c1-9-12(16-8-7-15-10(2)17)6-5-11(13(18)19)14(9,3)4/h9,11-12,16H,5-8H2,1-4H3,(H,15,17)(H,18,19). The van der Waals surface area contributed by atoms with Crippen LogP contribution in [0.1, 0.15) is 40.5 Å². The van der Waals surface area contributed by atoms with Crippen LogP contribution in [-0.2, 0) is 9.59 Å². The first kappa shape index (κ1) is 16.0. The molecule has 0 aliphatic heterocycles. The Morgan fingerprint density at radius 3 is 2.42 bits per heavy atom. The van der Waals surface area contributed by atoms with Gasteiger partial charge in [0.2, 0.25) is 5.91 Å². The molecular formula is C14H26N2O3. The number of rotatable bonds is 5. The van der Waals surface area contributed by atoms with Crippen LogP contribution in [0.25, 0.3) is 0 Å². The second kappa shape index (κ2) is 6.37. The largest absolute Gasteiger partial charge is 0.481 e. The highest BCUT2D eigenvalue weighted by atomic mass is 16.4. The lowest BCUT2D eigenvalue weighted by molar-refractivity contribution is -0.150. The van der Waals surface area contributed by atoms with Gasteiger partial charge in [-0.15, -0.1) is 0 Å². The lowest BCUT2D eigenvalue weighted by Gasteiger charge is -2.46. The van der Waals surface area contributed by atoms with Gasteiger partial charge in [0.1, 0.15) is 0 Å². The van der Waals surface area contributed by atoms with E-state index in [9.17, 15) is 14.7 Å². The van der Waals surface area contributed by atoms with Crippen LogP contribution in [0.15, 0.2) is 0 Å². The Kier molecular flexibility index (Phi) is 5.35. The van der Waals surface area contributed by atoms with E-state index in [1.165, 1.54) is 6.92 Å². The van der Waals surface area contributed by atoms with E-state index in [4.69, 9.17) is 0 Å². The molecule has 3 N–H and O–H groups in total. The number of carbonyl (C=O) groups excluding carboxylic acids is 1. The quantitative estimate of drug-likeness (QED) is 0.657. The average Bonchev–Trinajstić information content (AvgIpc) is 2.28. The fourth-order valence-electron chi connectivity index (χ4n) is 3.02. The number of carboxylic acids is 1. The van der Waals surface area contributed by atoms with Crippen molar-refractivity contribution >= 4 is 11.9 Å². The Hall–Kier alpha value is -1.10. The summed E-state index contributed by atoms with van der Waals surface area (Å²) in [7, 11) is 0. The monoisotopic (exact) mass is 270 g/mol. The zero-order chi connectivity index (χ0) is 14.6. The molecule has 1 aliphatic rings. The van der Waals surface area contributed by atoms with Crippen LogP contribution >= 0.6 is 0 Å². The Labute approximate surface area is 115 Å². The average molecular weight is 270 g/mol. The van der Waals surface area contributed by atoms with Crippen molar-refractivity contribution in [2.45, 2.75) is 46.6 Å². The van der Waals surface area contributed by atoms with Crippen molar-refractivity contribution < 1.29 is 14.7 Å². The molecule has 110 valence electrons. The second-order valence-corrected chi connectivity index (χ2v) is 6.12. The minimum atomic E-state index is -0.687. The first-order valence-electron chi connectivity index (χ1n) is 6.97. The molecule has 19 heavy (non-hydrogen) atoms. The number of carboxylic acid groups (broad SMARTS) is 1. The van der Waals surface area contributed by atoms with Gasteiger partial charge in [0.15, 0.2) is 0 Å². The number of nitrogens with one attached hydrogen (secondary N) is 2. The first-order valence-corrected chi connectivity index (χ1v) is 6.97. The molecule has 0 radical (unpaired) electrons. The molecule has 5 nitrogen and oxygen atoms in total. The summed E-state index contributed by atoms with van der Waals surface area (Å²) in [5.41, 5.74) is -0.213. The van der Waals surface area contributed by atoms with E-state index in [2.05, 4.69) is 17.6 Å². The maximum Gasteiger partial charge on any atom is 0.307 e. The SMILES string of the molecule is CC(=O)NCCNC1CCC(C(=O)O)C(C)(C)C1C. The molecule has 0 spiro atoms. The van der Waals surface area contributed by atoms with E-state index in [0.29, 0.717) is 24.9 Å². The summed E-state index contributed by atoms with van der Waals surface area (Å²) < 4.78 is 0. The molecule has 1 saturated carbocycles.